The Labute approximate surface area is 155 Å². The van der Waals surface area contributed by atoms with Gasteiger partial charge in [-0.25, -0.2) is 4.98 Å². The summed E-state index contributed by atoms with van der Waals surface area (Å²) in [4.78, 5) is 16.7. The molecule has 0 aliphatic carbocycles. The molecule has 0 spiro atoms. The molecule has 26 heavy (non-hydrogen) atoms. The number of thiazole rings is 1. The Morgan fingerprint density at radius 2 is 1.65 bits per heavy atom. The molecule has 3 aromatic rings. The molecule has 1 aromatic heterocycles. The van der Waals surface area contributed by atoms with Crippen LogP contribution in [0.5, 0.6) is 17.2 Å². The SMILES string of the molecule is COc1cc(-c2csc(NC(=O)c3ccccc3)n2)cc(OC)c1OC. The Morgan fingerprint density at radius 1 is 1.00 bits per heavy atom. The van der Waals surface area contributed by atoms with Crippen LogP contribution in [0.15, 0.2) is 47.8 Å². The van der Waals surface area contributed by atoms with Crippen LogP contribution in [0.3, 0.4) is 0 Å². The minimum atomic E-state index is -0.198. The Bertz CT molecular complexity index is 884. The summed E-state index contributed by atoms with van der Waals surface area (Å²) in [5.74, 6) is 1.41. The molecule has 0 aliphatic rings. The van der Waals surface area contributed by atoms with Crippen molar-refractivity contribution in [2.24, 2.45) is 0 Å². The van der Waals surface area contributed by atoms with Gasteiger partial charge >= 0.3 is 0 Å². The van der Waals surface area contributed by atoms with Crippen molar-refractivity contribution in [3.8, 4) is 28.5 Å². The van der Waals surface area contributed by atoms with Gasteiger partial charge in [-0.3, -0.25) is 10.1 Å². The van der Waals surface area contributed by atoms with E-state index in [1.54, 1.807) is 33.5 Å². The average Bonchev–Trinajstić information content (AvgIpc) is 3.15. The number of ether oxygens (including phenoxy) is 3. The summed E-state index contributed by atoms with van der Waals surface area (Å²) in [7, 11) is 4.68. The highest BCUT2D eigenvalue weighted by atomic mass is 32.1. The molecular formula is C19H18N2O4S. The van der Waals surface area contributed by atoms with Crippen LogP contribution in [0.2, 0.25) is 0 Å². The van der Waals surface area contributed by atoms with E-state index in [1.807, 2.05) is 35.7 Å². The van der Waals surface area contributed by atoms with Crippen molar-refractivity contribution in [3.63, 3.8) is 0 Å². The van der Waals surface area contributed by atoms with E-state index in [0.29, 0.717) is 33.6 Å². The zero-order valence-electron chi connectivity index (χ0n) is 14.6. The third-order valence-electron chi connectivity index (χ3n) is 3.72. The first-order valence-electron chi connectivity index (χ1n) is 7.78. The van der Waals surface area contributed by atoms with Crippen LogP contribution in [0.25, 0.3) is 11.3 Å². The van der Waals surface area contributed by atoms with Crippen molar-refractivity contribution in [2.45, 2.75) is 0 Å². The number of aromatic nitrogens is 1. The van der Waals surface area contributed by atoms with Gasteiger partial charge in [-0.1, -0.05) is 18.2 Å². The predicted molar refractivity (Wildman–Crippen MR) is 102 cm³/mol. The number of nitrogens with one attached hydrogen (secondary N) is 1. The highest BCUT2D eigenvalue weighted by Gasteiger charge is 2.16. The standard InChI is InChI=1S/C19H18N2O4S/c1-23-15-9-13(10-16(24-2)17(15)25-3)14-11-26-19(20-14)21-18(22)12-7-5-4-6-8-12/h4-11H,1-3H3,(H,20,21,22). The normalized spacial score (nSPS) is 10.3. The zero-order chi connectivity index (χ0) is 18.5. The third kappa shape index (κ3) is 3.62. The second-order valence-corrected chi connectivity index (χ2v) is 6.13. The first kappa shape index (κ1) is 17.8. The summed E-state index contributed by atoms with van der Waals surface area (Å²) < 4.78 is 16.1. The maximum atomic E-state index is 12.2. The number of hydrogen-bond donors (Lipinski definition) is 1. The van der Waals surface area contributed by atoms with E-state index >= 15 is 0 Å². The lowest BCUT2D eigenvalue weighted by molar-refractivity contribution is 0.102. The van der Waals surface area contributed by atoms with Crippen LogP contribution in [0.4, 0.5) is 5.13 Å². The van der Waals surface area contributed by atoms with Crippen LogP contribution in [-0.4, -0.2) is 32.2 Å². The van der Waals surface area contributed by atoms with Crippen molar-refractivity contribution < 1.29 is 19.0 Å². The van der Waals surface area contributed by atoms with Gasteiger partial charge in [0, 0.05) is 16.5 Å². The molecule has 0 saturated carbocycles. The molecule has 0 atom stereocenters. The van der Waals surface area contributed by atoms with Crippen LogP contribution < -0.4 is 19.5 Å². The van der Waals surface area contributed by atoms with Gasteiger partial charge in [-0.05, 0) is 24.3 Å². The van der Waals surface area contributed by atoms with Crippen molar-refractivity contribution >= 4 is 22.4 Å². The molecule has 1 heterocycles. The minimum absolute atomic E-state index is 0.198. The fraction of sp³-hybridized carbons (Fsp3) is 0.158. The van der Waals surface area contributed by atoms with E-state index in [4.69, 9.17) is 14.2 Å². The van der Waals surface area contributed by atoms with Crippen molar-refractivity contribution in [3.05, 3.63) is 53.4 Å². The topological polar surface area (TPSA) is 69.7 Å². The fourth-order valence-corrected chi connectivity index (χ4v) is 3.17. The summed E-state index contributed by atoms with van der Waals surface area (Å²) in [5, 5.41) is 5.19. The van der Waals surface area contributed by atoms with Gasteiger partial charge in [0.1, 0.15) is 0 Å². The van der Waals surface area contributed by atoms with Gasteiger partial charge < -0.3 is 14.2 Å². The number of nitrogens with zero attached hydrogens (tertiary/aromatic N) is 1. The molecule has 3 rings (SSSR count). The minimum Gasteiger partial charge on any atom is -0.493 e. The third-order valence-corrected chi connectivity index (χ3v) is 4.48. The molecule has 0 aliphatic heterocycles. The van der Waals surface area contributed by atoms with E-state index in [0.717, 1.165) is 5.56 Å². The number of carbonyl (C=O) groups excluding carboxylic acids is 1. The van der Waals surface area contributed by atoms with E-state index in [-0.39, 0.29) is 5.91 Å². The summed E-state index contributed by atoms with van der Waals surface area (Å²) >= 11 is 1.35. The lowest BCUT2D eigenvalue weighted by Crippen LogP contribution is -2.11. The molecule has 0 radical (unpaired) electrons. The average molecular weight is 370 g/mol. The highest BCUT2D eigenvalue weighted by Crippen LogP contribution is 2.41. The van der Waals surface area contributed by atoms with Crippen LogP contribution in [-0.2, 0) is 0 Å². The van der Waals surface area contributed by atoms with Gasteiger partial charge in [0.25, 0.3) is 5.91 Å². The lowest BCUT2D eigenvalue weighted by Gasteiger charge is -2.13. The van der Waals surface area contributed by atoms with E-state index in [1.165, 1.54) is 11.3 Å². The summed E-state index contributed by atoms with van der Waals surface area (Å²) in [5.41, 5.74) is 2.09. The second-order valence-electron chi connectivity index (χ2n) is 5.27. The van der Waals surface area contributed by atoms with E-state index in [9.17, 15) is 4.79 Å². The van der Waals surface area contributed by atoms with Crippen molar-refractivity contribution in [1.29, 1.82) is 0 Å². The Kier molecular flexibility index (Phi) is 5.38. The lowest BCUT2D eigenvalue weighted by atomic mass is 10.1. The molecule has 6 nitrogen and oxygen atoms in total. The number of rotatable bonds is 6. The Hall–Kier alpha value is -3.06. The van der Waals surface area contributed by atoms with Gasteiger partial charge in [0.05, 0.1) is 27.0 Å². The molecule has 0 unspecified atom stereocenters. The number of benzene rings is 2. The van der Waals surface area contributed by atoms with Crippen molar-refractivity contribution in [2.75, 3.05) is 26.6 Å². The number of amides is 1. The van der Waals surface area contributed by atoms with Crippen LogP contribution >= 0.6 is 11.3 Å². The van der Waals surface area contributed by atoms with Crippen LogP contribution in [0, 0.1) is 0 Å². The first-order valence-corrected chi connectivity index (χ1v) is 8.66. The van der Waals surface area contributed by atoms with Gasteiger partial charge in [0.2, 0.25) is 5.75 Å². The van der Waals surface area contributed by atoms with Gasteiger partial charge in [-0.15, -0.1) is 11.3 Å². The number of carbonyl (C=O) groups is 1. The number of anilines is 1. The monoisotopic (exact) mass is 370 g/mol. The Balaban J connectivity index is 1.87. The van der Waals surface area contributed by atoms with Crippen LogP contribution in [0.1, 0.15) is 10.4 Å². The molecule has 7 heteroatoms. The van der Waals surface area contributed by atoms with Gasteiger partial charge in [-0.2, -0.15) is 0 Å². The highest BCUT2D eigenvalue weighted by molar-refractivity contribution is 7.14. The molecule has 0 bridgehead atoms. The van der Waals surface area contributed by atoms with E-state index < -0.39 is 0 Å². The molecule has 1 amide bonds. The predicted octanol–water partition coefficient (Wildman–Crippen LogP) is 4.09. The molecule has 0 saturated heterocycles. The number of hydrogen-bond acceptors (Lipinski definition) is 6. The Morgan fingerprint density at radius 3 is 2.23 bits per heavy atom. The fourth-order valence-electron chi connectivity index (χ4n) is 2.45. The number of methoxy groups -OCH3 is 3. The smallest absolute Gasteiger partial charge is 0.257 e. The molecule has 0 fully saturated rings. The second kappa shape index (κ2) is 7.88. The largest absolute Gasteiger partial charge is 0.493 e. The van der Waals surface area contributed by atoms with E-state index in [2.05, 4.69) is 10.3 Å². The quantitative estimate of drug-likeness (QED) is 0.708. The maximum absolute atomic E-state index is 12.2. The summed E-state index contributed by atoms with van der Waals surface area (Å²) in [6, 6.07) is 12.6. The molecule has 134 valence electrons. The molecular weight excluding hydrogens is 352 g/mol. The zero-order valence-corrected chi connectivity index (χ0v) is 15.4. The van der Waals surface area contributed by atoms with Crippen molar-refractivity contribution in [1.82, 2.24) is 4.98 Å². The summed E-state index contributed by atoms with van der Waals surface area (Å²) in [6.07, 6.45) is 0. The summed E-state index contributed by atoms with van der Waals surface area (Å²) in [6.45, 7) is 0. The first-order chi connectivity index (χ1) is 12.7. The molecule has 2 aromatic carbocycles. The molecule has 1 N–H and O–H groups in total. The van der Waals surface area contributed by atoms with Gasteiger partial charge in [0.15, 0.2) is 16.6 Å². The maximum Gasteiger partial charge on any atom is 0.257 e.